The molecule has 0 fully saturated rings. The molecule has 5 nitrogen and oxygen atoms in total. The first-order chi connectivity index (χ1) is 45.6. The third-order valence-electron chi connectivity index (χ3n) is 16.5. The van der Waals surface area contributed by atoms with Crippen LogP contribution in [0.5, 0.6) is 0 Å². The Kier molecular flexibility index (Phi) is 76.3. The molecule has 0 saturated carbocycles. The van der Waals surface area contributed by atoms with Gasteiger partial charge in [-0.3, -0.25) is 9.59 Å². The number of aliphatic hydroxyl groups is 1. The van der Waals surface area contributed by atoms with E-state index in [1.165, 1.54) is 193 Å². The van der Waals surface area contributed by atoms with E-state index in [-0.39, 0.29) is 25.2 Å². The number of aliphatic hydroxyl groups excluding tert-OH is 1. The van der Waals surface area contributed by atoms with E-state index in [0.717, 1.165) is 128 Å². The van der Waals surface area contributed by atoms with Crippen LogP contribution < -0.4 is 0 Å². The zero-order valence-corrected chi connectivity index (χ0v) is 60.0. The van der Waals surface area contributed by atoms with Crippen molar-refractivity contribution in [3.8, 4) is 0 Å². The predicted molar refractivity (Wildman–Crippen MR) is 407 cm³/mol. The van der Waals surface area contributed by atoms with Crippen LogP contribution in [0.15, 0.2) is 170 Å². The second-order valence-corrected chi connectivity index (χ2v) is 25.3. The number of unbranched alkanes of at least 4 members (excludes halogenated alkanes) is 34. The van der Waals surface area contributed by atoms with E-state index in [1.807, 2.05) is 0 Å². The van der Waals surface area contributed by atoms with Crippen molar-refractivity contribution in [1.29, 1.82) is 0 Å². The Morgan fingerprint density at radius 3 is 0.652 bits per heavy atom. The first-order valence-electron chi connectivity index (χ1n) is 38.7. The van der Waals surface area contributed by atoms with Gasteiger partial charge in [0.2, 0.25) is 0 Å². The lowest BCUT2D eigenvalue weighted by atomic mass is 10.0. The lowest BCUT2D eigenvalue weighted by Crippen LogP contribution is -2.28. The molecular weight excluding hydrogens is 1120 g/mol. The maximum absolute atomic E-state index is 12.4. The maximum atomic E-state index is 12.4. The van der Waals surface area contributed by atoms with Crippen LogP contribution in [-0.2, 0) is 19.1 Å². The van der Waals surface area contributed by atoms with Crippen LogP contribution in [0, 0.1) is 0 Å². The largest absolute Gasteiger partial charge is 0.462 e. The molecule has 0 aliphatic rings. The minimum absolute atomic E-state index is 0.0705. The van der Waals surface area contributed by atoms with Crippen molar-refractivity contribution in [2.45, 2.75) is 354 Å². The molecule has 0 aliphatic heterocycles. The highest BCUT2D eigenvalue weighted by atomic mass is 16.6. The lowest BCUT2D eigenvalue weighted by molar-refractivity contribution is -0.161. The van der Waals surface area contributed by atoms with Crippen molar-refractivity contribution >= 4 is 11.9 Å². The molecule has 92 heavy (non-hydrogen) atoms. The van der Waals surface area contributed by atoms with Gasteiger partial charge in [0.1, 0.15) is 6.61 Å². The van der Waals surface area contributed by atoms with E-state index in [2.05, 4.69) is 184 Å². The molecule has 0 rings (SSSR count). The summed E-state index contributed by atoms with van der Waals surface area (Å²) >= 11 is 0. The van der Waals surface area contributed by atoms with Crippen LogP contribution in [0.4, 0.5) is 0 Å². The quantitative estimate of drug-likeness (QED) is 0.0373. The van der Waals surface area contributed by atoms with E-state index < -0.39 is 6.10 Å². The van der Waals surface area contributed by atoms with Crippen LogP contribution in [0.2, 0.25) is 0 Å². The summed E-state index contributed by atoms with van der Waals surface area (Å²) in [7, 11) is 0. The molecule has 0 heterocycles. The molecule has 0 aliphatic carbocycles. The van der Waals surface area contributed by atoms with Crippen molar-refractivity contribution in [3.63, 3.8) is 0 Å². The number of hydrogen-bond donors (Lipinski definition) is 1. The summed E-state index contributed by atoms with van der Waals surface area (Å²) in [5.74, 6) is -0.586. The Balaban J connectivity index is 3.48. The predicted octanol–water partition coefficient (Wildman–Crippen LogP) is 27.5. The van der Waals surface area contributed by atoms with Gasteiger partial charge in [-0.2, -0.15) is 0 Å². The number of hydrogen-bond acceptors (Lipinski definition) is 5. The van der Waals surface area contributed by atoms with Gasteiger partial charge >= 0.3 is 11.9 Å². The van der Waals surface area contributed by atoms with E-state index in [4.69, 9.17) is 9.47 Å². The number of carbonyl (C=O) groups excluding carboxylic acids is 2. The number of rotatable bonds is 70. The van der Waals surface area contributed by atoms with Gasteiger partial charge in [-0.15, -0.1) is 0 Å². The Bertz CT molecular complexity index is 1980. The number of ether oxygens (including phenoxy) is 2. The molecule has 0 spiro atoms. The van der Waals surface area contributed by atoms with E-state index in [1.54, 1.807) is 0 Å². The van der Waals surface area contributed by atoms with E-state index in [9.17, 15) is 14.7 Å². The van der Waals surface area contributed by atoms with Gasteiger partial charge in [0.15, 0.2) is 6.10 Å². The van der Waals surface area contributed by atoms with Gasteiger partial charge in [0.25, 0.3) is 0 Å². The fourth-order valence-electron chi connectivity index (χ4n) is 10.8. The third kappa shape index (κ3) is 77.7. The van der Waals surface area contributed by atoms with Crippen molar-refractivity contribution in [1.82, 2.24) is 0 Å². The molecule has 0 amide bonds. The molecular formula is C87H144O5. The smallest absolute Gasteiger partial charge is 0.306 e. The van der Waals surface area contributed by atoms with Crippen molar-refractivity contribution < 1.29 is 24.2 Å². The van der Waals surface area contributed by atoms with E-state index in [0.29, 0.717) is 12.8 Å². The summed E-state index contributed by atoms with van der Waals surface area (Å²) in [6.45, 7) is 3.93. The molecule has 0 aromatic heterocycles. The first kappa shape index (κ1) is 87.3. The standard InChI is InChI=1S/C87H144O5/c1-3-5-7-9-11-13-15-17-19-21-23-25-27-29-31-33-35-37-39-41-42-43-44-46-47-49-51-53-55-57-59-61-63-65-67-69-71-73-75-77-79-81-86(89)91-84-85(83-88)92-87(90)82-80-78-76-74-72-70-68-66-64-62-60-58-56-54-52-50-48-45-40-38-36-34-32-30-28-26-24-22-20-18-16-14-12-10-8-6-4-2/h5-8,11-14,17-20,23-26,29-32,35-38,45,48,52,54,85,88H,3-4,9-10,15-16,21-22,27-28,33-34,39-44,46-47,49-51,53,55-84H2,1-2H3/b7-5-,8-6-,13-11-,14-12-,19-17-,20-18-,25-23-,26-24-,31-29-,32-30-,37-35-,38-36-,48-45-,54-52-. The number of carbonyl (C=O) groups is 2. The van der Waals surface area contributed by atoms with Crippen molar-refractivity contribution in [2.75, 3.05) is 13.2 Å². The van der Waals surface area contributed by atoms with Crippen LogP contribution in [0.1, 0.15) is 348 Å². The van der Waals surface area contributed by atoms with E-state index >= 15 is 0 Å². The highest BCUT2D eigenvalue weighted by Crippen LogP contribution is 2.18. The van der Waals surface area contributed by atoms with Crippen LogP contribution >= 0.6 is 0 Å². The van der Waals surface area contributed by atoms with Crippen LogP contribution in [-0.4, -0.2) is 36.4 Å². The van der Waals surface area contributed by atoms with Crippen molar-refractivity contribution in [2.24, 2.45) is 0 Å². The first-order valence-corrected chi connectivity index (χ1v) is 38.7. The third-order valence-corrected chi connectivity index (χ3v) is 16.5. The molecule has 0 bridgehead atoms. The summed E-state index contributed by atoms with van der Waals surface area (Å²) in [5.41, 5.74) is 0. The Morgan fingerprint density at radius 2 is 0.435 bits per heavy atom. The summed E-state index contributed by atoms with van der Waals surface area (Å²) in [6, 6.07) is 0. The Labute approximate surface area is 570 Å². The minimum atomic E-state index is -0.783. The van der Waals surface area contributed by atoms with Crippen molar-refractivity contribution in [3.05, 3.63) is 170 Å². The monoisotopic (exact) mass is 1270 g/mol. The lowest BCUT2D eigenvalue weighted by Gasteiger charge is -2.15. The van der Waals surface area contributed by atoms with Crippen LogP contribution in [0.25, 0.3) is 0 Å². The van der Waals surface area contributed by atoms with Gasteiger partial charge < -0.3 is 14.6 Å². The molecule has 5 heteroatoms. The Morgan fingerprint density at radius 1 is 0.250 bits per heavy atom. The average Bonchev–Trinajstić information content (AvgIpc) is 3.70. The summed E-state index contributed by atoms with van der Waals surface area (Å²) in [6.07, 6.45) is 124. The molecule has 1 N–H and O–H groups in total. The minimum Gasteiger partial charge on any atom is -0.462 e. The number of esters is 2. The highest BCUT2D eigenvalue weighted by Gasteiger charge is 2.16. The molecule has 0 aromatic rings. The second kappa shape index (κ2) is 80.5. The van der Waals surface area contributed by atoms with Crippen LogP contribution in [0.3, 0.4) is 0 Å². The second-order valence-electron chi connectivity index (χ2n) is 25.3. The highest BCUT2D eigenvalue weighted by molar-refractivity contribution is 5.70. The van der Waals surface area contributed by atoms with Gasteiger partial charge in [0, 0.05) is 12.8 Å². The van der Waals surface area contributed by atoms with Gasteiger partial charge in [0.05, 0.1) is 6.61 Å². The summed E-state index contributed by atoms with van der Waals surface area (Å²) in [5, 5.41) is 9.73. The topological polar surface area (TPSA) is 72.8 Å². The molecule has 0 saturated heterocycles. The SMILES string of the molecule is CC/C=C\C/C=C\C/C=C\C/C=C\C/C=C\C/C=C\C/C=C\C/C=C\CCCCCCCCCCCCCCC(=O)OC(CO)COC(=O)CCCCCCCCCCCCCCCCCCCCCCCC/C=C\C/C=C\C/C=C\C/C=C\C/C=C\C/C=C\CC. The number of allylic oxidation sites excluding steroid dienone is 28. The van der Waals surface area contributed by atoms with Gasteiger partial charge in [-0.1, -0.05) is 377 Å². The molecule has 1 atom stereocenters. The molecule has 0 aromatic carbocycles. The van der Waals surface area contributed by atoms with Gasteiger partial charge in [-0.25, -0.2) is 0 Å². The fraction of sp³-hybridized carbons (Fsp3) is 0.655. The normalized spacial score (nSPS) is 13.2. The maximum Gasteiger partial charge on any atom is 0.306 e. The zero-order valence-electron chi connectivity index (χ0n) is 60.0. The Hall–Kier alpha value is -4.74. The molecule has 522 valence electrons. The zero-order chi connectivity index (χ0) is 66.1. The molecule has 1 unspecified atom stereocenters. The summed E-state index contributed by atoms with van der Waals surface area (Å²) in [4.78, 5) is 24.7. The fourth-order valence-corrected chi connectivity index (χ4v) is 10.8. The summed E-state index contributed by atoms with van der Waals surface area (Å²) < 4.78 is 10.8. The van der Waals surface area contributed by atoms with Gasteiger partial charge in [-0.05, 0) is 128 Å². The molecule has 0 radical (unpaired) electrons. The average molecular weight is 1270 g/mol.